The fraction of sp³-hybridized carbons (Fsp3) is 0.733. The SMILES string of the molecule is CC(C)(C)OC(=O)COCCOCCOC(=O)CCC(=O)C(=O)O. The zero-order valence-corrected chi connectivity index (χ0v) is 14.2. The van der Waals surface area contributed by atoms with Gasteiger partial charge in [0.25, 0.3) is 0 Å². The number of ether oxygens (including phenoxy) is 4. The summed E-state index contributed by atoms with van der Waals surface area (Å²) in [6.45, 7) is 5.58. The molecular formula is C15H24O9. The highest BCUT2D eigenvalue weighted by Gasteiger charge is 2.16. The number of carbonyl (C=O) groups is 4. The molecule has 0 fully saturated rings. The second-order valence-electron chi connectivity index (χ2n) is 5.70. The molecule has 0 spiro atoms. The molecule has 9 nitrogen and oxygen atoms in total. The van der Waals surface area contributed by atoms with Crippen LogP contribution in [0.15, 0.2) is 0 Å². The molecule has 0 rings (SSSR count). The molecule has 24 heavy (non-hydrogen) atoms. The molecule has 0 atom stereocenters. The molecule has 0 saturated heterocycles. The van der Waals surface area contributed by atoms with Crippen molar-refractivity contribution in [2.45, 2.75) is 39.2 Å². The van der Waals surface area contributed by atoms with Gasteiger partial charge in [-0.2, -0.15) is 0 Å². The van der Waals surface area contributed by atoms with Gasteiger partial charge in [-0.25, -0.2) is 9.59 Å². The number of esters is 2. The number of ketones is 1. The Hall–Kier alpha value is -2.00. The average molecular weight is 348 g/mol. The number of aliphatic carboxylic acids is 1. The van der Waals surface area contributed by atoms with Gasteiger partial charge in [-0.05, 0) is 20.8 Å². The topological polar surface area (TPSA) is 125 Å². The quantitative estimate of drug-likeness (QED) is 0.302. The van der Waals surface area contributed by atoms with Gasteiger partial charge in [0, 0.05) is 6.42 Å². The number of hydrogen-bond donors (Lipinski definition) is 1. The maximum Gasteiger partial charge on any atom is 0.372 e. The Morgan fingerprint density at radius 2 is 1.42 bits per heavy atom. The van der Waals surface area contributed by atoms with E-state index in [1.807, 2.05) is 0 Å². The van der Waals surface area contributed by atoms with E-state index in [2.05, 4.69) is 0 Å². The summed E-state index contributed by atoms with van der Waals surface area (Å²) in [6.07, 6.45) is -0.683. The predicted octanol–water partition coefficient (Wildman–Crippen LogP) is 0.338. The molecular weight excluding hydrogens is 324 g/mol. The third kappa shape index (κ3) is 13.6. The van der Waals surface area contributed by atoms with Crippen LogP contribution in [0.4, 0.5) is 0 Å². The van der Waals surface area contributed by atoms with Gasteiger partial charge >= 0.3 is 17.9 Å². The molecule has 0 aliphatic carbocycles. The fourth-order valence-corrected chi connectivity index (χ4v) is 1.36. The summed E-state index contributed by atoms with van der Waals surface area (Å²) < 4.78 is 20.0. The largest absolute Gasteiger partial charge is 0.476 e. The van der Waals surface area contributed by atoms with E-state index < -0.39 is 35.7 Å². The summed E-state index contributed by atoms with van der Waals surface area (Å²) in [5.41, 5.74) is -0.560. The molecule has 0 amide bonds. The second-order valence-corrected chi connectivity index (χ2v) is 5.70. The number of hydrogen-bond acceptors (Lipinski definition) is 8. The van der Waals surface area contributed by atoms with Crippen molar-refractivity contribution in [3.8, 4) is 0 Å². The molecule has 0 aromatic heterocycles. The maximum absolute atomic E-state index is 11.3. The van der Waals surface area contributed by atoms with Crippen molar-refractivity contribution in [3.63, 3.8) is 0 Å². The van der Waals surface area contributed by atoms with Gasteiger partial charge in [-0.15, -0.1) is 0 Å². The van der Waals surface area contributed by atoms with Crippen LogP contribution in [-0.4, -0.2) is 67.4 Å². The number of Topliss-reactive ketones (excluding diaryl/α,β-unsaturated/α-hetero) is 1. The standard InChI is InChI=1S/C15H24O9/c1-15(2,3)24-13(18)10-22-7-6-21-8-9-23-12(17)5-4-11(16)14(19)20/h4-10H2,1-3H3,(H,19,20). The van der Waals surface area contributed by atoms with E-state index in [1.165, 1.54) is 0 Å². The summed E-state index contributed by atoms with van der Waals surface area (Å²) in [4.78, 5) is 43.5. The van der Waals surface area contributed by atoms with Gasteiger partial charge in [0.05, 0.1) is 26.2 Å². The minimum atomic E-state index is -1.57. The van der Waals surface area contributed by atoms with Crippen molar-refractivity contribution in [1.29, 1.82) is 0 Å². The summed E-state index contributed by atoms with van der Waals surface area (Å²) in [5.74, 6) is -3.75. The van der Waals surface area contributed by atoms with Crippen LogP contribution in [0.25, 0.3) is 0 Å². The van der Waals surface area contributed by atoms with Gasteiger partial charge in [-0.1, -0.05) is 0 Å². The van der Waals surface area contributed by atoms with Crippen LogP contribution in [0.5, 0.6) is 0 Å². The average Bonchev–Trinajstić information content (AvgIpc) is 2.45. The Bertz CT molecular complexity index is 437. The molecule has 0 aromatic rings. The number of carboxylic acid groups (broad SMARTS) is 1. The summed E-state index contributed by atoms with van der Waals surface area (Å²) in [6, 6.07) is 0. The molecule has 0 heterocycles. The third-order valence-electron chi connectivity index (χ3n) is 2.30. The van der Waals surface area contributed by atoms with E-state index in [1.54, 1.807) is 20.8 Å². The van der Waals surface area contributed by atoms with Crippen molar-refractivity contribution < 1.29 is 43.2 Å². The maximum atomic E-state index is 11.3. The number of rotatable bonds is 12. The minimum absolute atomic E-state index is 0.0217. The Labute approximate surface area is 140 Å². The van der Waals surface area contributed by atoms with Gasteiger partial charge in [-0.3, -0.25) is 9.59 Å². The molecule has 0 saturated carbocycles. The van der Waals surface area contributed by atoms with Crippen molar-refractivity contribution in [2.75, 3.05) is 33.0 Å². The molecule has 0 aromatic carbocycles. The lowest BCUT2D eigenvalue weighted by Gasteiger charge is -2.19. The zero-order chi connectivity index (χ0) is 18.6. The van der Waals surface area contributed by atoms with E-state index in [9.17, 15) is 19.2 Å². The summed E-state index contributed by atoms with van der Waals surface area (Å²) in [7, 11) is 0. The van der Waals surface area contributed by atoms with E-state index in [4.69, 9.17) is 24.1 Å². The predicted molar refractivity (Wildman–Crippen MR) is 80.3 cm³/mol. The molecule has 0 radical (unpaired) electrons. The Balaban J connectivity index is 3.48. The van der Waals surface area contributed by atoms with E-state index in [0.29, 0.717) is 0 Å². The highest BCUT2D eigenvalue weighted by molar-refractivity contribution is 6.32. The van der Waals surface area contributed by atoms with Crippen molar-refractivity contribution in [3.05, 3.63) is 0 Å². The van der Waals surface area contributed by atoms with Gasteiger partial charge in [0.1, 0.15) is 18.8 Å². The van der Waals surface area contributed by atoms with Crippen molar-refractivity contribution >= 4 is 23.7 Å². The van der Waals surface area contributed by atoms with Crippen molar-refractivity contribution in [1.82, 2.24) is 0 Å². The Kier molecular flexibility index (Phi) is 10.6. The molecule has 0 unspecified atom stereocenters. The lowest BCUT2D eigenvalue weighted by atomic mass is 10.2. The lowest BCUT2D eigenvalue weighted by Crippen LogP contribution is -2.27. The number of carbonyl (C=O) groups excluding carboxylic acids is 3. The molecule has 9 heteroatoms. The van der Waals surface area contributed by atoms with Crippen LogP contribution in [-0.2, 0) is 38.1 Å². The van der Waals surface area contributed by atoms with Crippen LogP contribution in [0, 0.1) is 0 Å². The minimum Gasteiger partial charge on any atom is -0.476 e. The Morgan fingerprint density at radius 3 is 2.00 bits per heavy atom. The van der Waals surface area contributed by atoms with Crippen LogP contribution in [0.1, 0.15) is 33.6 Å². The zero-order valence-electron chi connectivity index (χ0n) is 14.2. The van der Waals surface area contributed by atoms with Crippen LogP contribution in [0.2, 0.25) is 0 Å². The molecule has 0 aliphatic heterocycles. The molecule has 0 bridgehead atoms. The number of carboxylic acids is 1. The first-order chi connectivity index (χ1) is 11.1. The van der Waals surface area contributed by atoms with Crippen LogP contribution in [0.3, 0.4) is 0 Å². The first-order valence-electron chi connectivity index (χ1n) is 7.41. The first-order valence-corrected chi connectivity index (χ1v) is 7.41. The van der Waals surface area contributed by atoms with Gasteiger partial charge in [0.15, 0.2) is 0 Å². The van der Waals surface area contributed by atoms with Crippen LogP contribution >= 0.6 is 0 Å². The van der Waals surface area contributed by atoms with Crippen LogP contribution < -0.4 is 0 Å². The normalized spacial score (nSPS) is 11.0. The molecule has 1 N–H and O–H groups in total. The molecule has 138 valence electrons. The summed E-state index contributed by atoms with van der Waals surface area (Å²) in [5, 5.41) is 8.34. The first kappa shape index (κ1) is 22.0. The monoisotopic (exact) mass is 348 g/mol. The fourth-order valence-electron chi connectivity index (χ4n) is 1.36. The van der Waals surface area contributed by atoms with Crippen molar-refractivity contribution in [2.24, 2.45) is 0 Å². The van der Waals surface area contributed by atoms with Gasteiger partial charge < -0.3 is 24.1 Å². The van der Waals surface area contributed by atoms with E-state index in [0.717, 1.165) is 0 Å². The summed E-state index contributed by atoms with van der Waals surface area (Å²) >= 11 is 0. The highest BCUT2D eigenvalue weighted by Crippen LogP contribution is 2.06. The highest BCUT2D eigenvalue weighted by atomic mass is 16.6. The smallest absolute Gasteiger partial charge is 0.372 e. The van der Waals surface area contributed by atoms with E-state index >= 15 is 0 Å². The second kappa shape index (κ2) is 11.5. The third-order valence-corrected chi connectivity index (χ3v) is 2.30. The Morgan fingerprint density at radius 1 is 0.833 bits per heavy atom. The molecule has 0 aliphatic rings. The van der Waals surface area contributed by atoms with Gasteiger partial charge in [0.2, 0.25) is 5.78 Å². The lowest BCUT2D eigenvalue weighted by molar-refractivity contribution is -0.161. The van der Waals surface area contributed by atoms with E-state index in [-0.39, 0.29) is 39.5 Å².